The Bertz CT molecular complexity index is 1170. The molecule has 0 spiro atoms. The number of aromatic nitrogens is 1. The van der Waals surface area contributed by atoms with E-state index in [1.54, 1.807) is 24.3 Å². The molecule has 2 aromatic carbocycles. The van der Waals surface area contributed by atoms with Crippen LogP contribution >= 0.6 is 0 Å². The van der Waals surface area contributed by atoms with Crippen molar-refractivity contribution < 1.29 is 19.1 Å². The monoisotopic (exact) mass is 416 g/mol. The summed E-state index contributed by atoms with van der Waals surface area (Å²) in [7, 11) is 0. The van der Waals surface area contributed by atoms with E-state index in [1.165, 1.54) is 0 Å². The van der Waals surface area contributed by atoms with Crippen molar-refractivity contribution in [2.75, 3.05) is 11.9 Å². The van der Waals surface area contributed by atoms with Crippen molar-refractivity contribution in [1.82, 2.24) is 4.98 Å². The van der Waals surface area contributed by atoms with Crippen LogP contribution in [0.3, 0.4) is 0 Å². The number of pyridine rings is 1. The lowest BCUT2D eigenvalue weighted by molar-refractivity contribution is -0.118. The van der Waals surface area contributed by atoms with E-state index in [4.69, 9.17) is 4.74 Å². The minimum absolute atomic E-state index is 0.0925. The van der Waals surface area contributed by atoms with Gasteiger partial charge in [-0.3, -0.25) is 14.6 Å². The van der Waals surface area contributed by atoms with Gasteiger partial charge in [-0.2, -0.15) is 0 Å². The van der Waals surface area contributed by atoms with Crippen LogP contribution in [0.2, 0.25) is 0 Å². The highest BCUT2D eigenvalue weighted by Crippen LogP contribution is 2.30. The van der Waals surface area contributed by atoms with Gasteiger partial charge in [0.2, 0.25) is 5.91 Å². The molecule has 6 heteroatoms. The van der Waals surface area contributed by atoms with E-state index in [2.05, 4.69) is 10.3 Å². The molecule has 0 saturated carbocycles. The molecular weight excluding hydrogens is 392 g/mol. The lowest BCUT2D eigenvalue weighted by atomic mass is 10.0. The maximum absolute atomic E-state index is 12.9. The second-order valence-electron chi connectivity index (χ2n) is 8.00. The van der Waals surface area contributed by atoms with Gasteiger partial charge in [0.05, 0.1) is 11.1 Å². The summed E-state index contributed by atoms with van der Waals surface area (Å²) in [6.07, 6.45) is 2.59. The van der Waals surface area contributed by atoms with E-state index in [1.807, 2.05) is 38.1 Å². The summed E-state index contributed by atoms with van der Waals surface area (Å²) < 4.78 is 5.42. The largest absolute Gasteiger partial charge is 0.454 e. The van der Waals surface area contributed by atoms with Crippen LogP contribution in [0.25, 0.3) is 10.9 Å². The number of ether oxygens (including phenoxy) is 1. The minimum atomic E-state index is -0.495. The molecule has 1 heterocycles. The highest BCUT2D eigenvalue weighted by Gasteiger charge is 2.25. The van der Waals surface area contributed by atoms with Crippen LogP contribution in [-0.4, -0.2) is 29.3 Å². The Kier molecular flexibility index (Phi) is 5.80. The molecule has 0 radical (unpaired) electrons. The average Bonchev–Trinajstić information content (AvgIpc) is 3.23. The summed E-state index contributed by atoms with van der Waals surface area (Å²) in [5, 5.41) is 3.53. The van der Waals surface area contributed by atoms with Crippen molar-refractivity contribution in [2.24, 2.45) is 5.92 Å². The van der Waals surface area contributed by atoms with Crippen LogP contribution in [0, 0.1) is 5.92 Å². The molecule has 0 aliphatic heterocycles. The van der Waals surface area contributed by atoms with E-state index < -0.39 is 5.97 Å². The quantitative estimate of drug-likeness (QED) is 0.477. The van der Waals surface area contributed by atoms with Crippen LogP contribution in [-0.2, 0) is 22.4 Å². The zero-order chi connectivity index (χ0) is 22.0. The number of nitrogens with zero attached hydrogens (tertiary/aromatic N) is 1. The molecule has 1 amide bonds. The molecule has 0 atom stereocenters. The summed E-state index contributed by atoms with van der Waals surface area (Å²) in [5.74, 6) is -1.02. The van der Waals surface area contributed by atoms with Gasteiger partial charge in [-0.05, 0) is 55.2 Å². The van der Waals surface area contributed by atoms with Gasteiger partial charge in [0.25, 0.3) is 0 Å². The topological polar surface area (TPSA) is 85.4 Å². The molecule has 4 rings (SSSR count). The van der Waals surface area contributed by atoms with Crippen molar-refractivity contribution in [3.63, 3.8) is 0 Å². The number of esters is 1. The van der Waals surface area contributed by atoms with Crippen molar-refractivity contribution in [2.45, 2.75) is 33.1 Å². The van der Waals surface area contributed by atoms with Gasteiger partial charge in [-0.15, -0.1) is 0 Å². The Morgan fingerprint density at radius 3 is 2.52 bits per heavy atom. The van der Waals surface area contributed by atoms with Crippen LogP contribution in [0.1, 0.15) is 52.2 Å². The second-order valence-corrected chi connectivity index (χ2v) is 8.00. The lowest BCUT2D eigenvalue weighted by Crippen LogP contribution is -2.18. The van der Waals surface area contributed by atoms with Gasteiger partial charge in [0.15, 0.2) is 12.4 Å². The highest BCUT2D eigenvalue weighted by atomic mass is 16.5. The molecule has 1 N–H and O–H groups in total. The smallest absolute Gasteiger partial charge is 0.339 e. The summed E-state index contributed by atoms with van der Waals surface area (Å²) in [6, 6.07) is 14.1. The number of rotatable bonds is 6. The zero-order valence-electron chi connectivity index (χ0n) is 17.6. The predicted octanol–water partition coefficient (Wildman–Crippen LogP) is 4.36. The normalized spacial score (nSPS) is 12.6. The number of nitrogens with one attached hydrogen (secondary N) is 1. The van der Waals surface area contributed by atoms with Crippen LogP contribution < -0.4 is 5.32 Å². The number of hydrogen-bond donors (Lipinski definition) is 1. The first-order chi connectivity index (χ1) is 14.9. The molecule has 158 valence electrons. The first kappa shape index (κ1) is 20.7. The van der Waals surface area contributed by atoms with Gasteiger partial charge >= 0.3 is 5.97 Å². The third-order valence-electron chi connectivity index (χ3n) is 5.46. The Hall–Kier alpha value is -3.54. The van der Waals surface area contributed by atoms with E-state index >= 15 is 0 Å². The standard InChI is InChI=1S/C25H24N2O4/c1-15(2)24(29)26-17-12-10-16(11-13-17)22(28)14-31-25(30)23-18-6-3-4-8-20(18)27-21-9-5-7-19(21)23/h3-4,6,8,10-13,15H,5,7,9,14H2,1-2H3,(H,26,29). The fourth-order valence-corrected chi connectivity index (χ4v) is 3.76. The number of Topliss-reactive ketones (excluding diaryl/α,β-unsaturated/α-hetero) is 1. The number of carbonyl (C=O) groups is 3. The van der Waals surface area contributed by atoms with Crippen LogP contribution in [0.15, 0.2) is 48.5 Å². The summed E-state index contributed by atoms with van der Waals surface area (Å²) in [4.78, 5) is 41.9. The number of para-hydroxylation sites is 1. The number of aryl methyl sites for hydroxylation is 1. The summed E-state index contributed by atoms with van der Waals surface area (Å²) in [6.45, 7) is 3.27. The van der Waals surface area contributed by atoms with Crippen molar-refractivity contribution in [3.8, 4) is 0 Å². The molecule has 0 bridgehead atoms. The average molecular weight is 416 g/mol. The number of fused-ring (bicyclic) bond motifs is 2. The van der Waals surface area contributed by atoms with Crippen molar-refractivity contribution >= 4 is 34.3 Å². The van der Waals surface area contributed by atoms with E-state index in [-0.39, 0.29) is 24.2 Å². The number of benzene rings is 2. The maximum Gasteiger partial charge on any atom is 0.339 e. The maximum atomic E-state index is 12.9. The Balaban J connectivity index is 1.47. The number of hydrogen-bond acceptors (Lipinski definition) is 5. The predicted molar refractivity (Wildman–Crippen MR) is 118 cm³/mol. The molecule has 1 aliphatic carbocycles. The van der Waals surface area contributed by atoms with E-state index in [9.17, 15) is 14.4 Å². The number of ketones is 1. The fraction of sp³-hybridized carbons (Fsp3) is 0.280. The van der Waals surface area contributed by atoms with Gasteiger partial charge < -0.3 is 10.1 Å². The van der Waals surface area contributed by atoms with Crippen LogP contribution in [0.5, 0.6) is 0 Å². The Labute approximate surface area is 180 Å². The third kappa shape index (κ3) is 4.33. The Morgan fingerprint density at radius 1 is 1.03 bits per heavy atom. The minimum Gasteiger partial charge on any atom is -0.454 e. The second kappa shape index (κ2) is 8.68. The molecule has 3 aromatic rings. The first-order valence-electron chi connectivity index (χ1n) is 10.5. The number of amides is 1. The fourth-order valence-electron chi connectivity index (χ4n) is 3.76. The van der Waals surface area contributed by atoms with Gasteiger partial charge in [0, 0.05) is 28.2 Å². The van der Waals surface area contributed by atoms with E-state index in [0.717, 1.165) is 41.4 Å². The third-order valence-corrected chi connectivity index (χ3v) is 5.46. The molecule has 6 nitrogen and oxygen atoms in total. The molecule has 1 aliphatic rings. The molecule has 1 aromatic heterocycles. The van der Waals surface area contributed by atoms with Crippen molar-refractivity contribution in [3.05, 3.63) is 70.9 Å². The number of anilines is 1. The summed E-state index contributed by atoms with van der Waals surface area (Å²) >= 11 is 0. The number of carbonyl (C=O) groups excluding carboxylic acids is 3. The molecular formula is C25H24N2O4. The van der Waals surface area contributed by atoms with Gasteiger partial charge in [-0.1, -0.05) is 32.0 Å². The summed E-state index contributed by atoms with van der Waals surface area (Å²) in [5.41, 5.74) is 4.20. The SMILES string of the molecule is CC(C)C(=O)Nc1ccc(C(=O)COC(=O)c2c3c(nc4ccccc24)CCC3)cc1. The first-order valence-corrected chi connectivity index (χ1v) is 10.5. The van der Waals surface area contributed by atoms with Crippen molar-refractivity contribution in [1.29, 1.82) is 0 Å². The zero-order valence-corrected chi connectivity index (χ0v) is 17.6. The molecule has 0 unspecified atom stereocenters. The Morgan fingerprint density at radius 2 is 1.77 bits per heavy atom. The molecule has 0 saturated heterocycles. The van der Waals surface area contributed by atoms with Gasteiger partial charge in [-0.25, -0.2) is 4.79 Å². The van der Waals surface area contributed by atoms with Crippen LogP contribution in [0.4, 0.5) is 5.69 Å². The molecule has 0 fully saturated rings. The lowest BCUT2D eigenvalue weighted by Gasteiger charge is -2.12. The van der Waals surface area contributed by atoms with Gasteiger partial charge in [0.1, 0.15) is 0 Å². The highest BCUT2D eigenvalue weighted by molar-refractivity contribution is 6.06. The molecule has 31 heavy (non-hydrogen) atoms. The van der Waals surface area contributed by atoms with E-state index in [0.29, 0.717) is 16.8 Å².